The predicted molar refractivity (Wildman–Crippen MR) is 328 cm³/mol. The molecule has 0 N–H and O–H groups in total. The summed E-state index contributed by atoms with van der Waals surface area (Å²) < 4.78 is 0. The van der Waals surface area contributed by atoms with Gasteiger partial charge < -0.3 is 0 Å². The van der Waals surface area contributed by atoms with E-state index < -0.39 is 16.1 Å². The Kier molecular flexibility index (Phi) is 12.1. The summed E-state index contributed by atoms with van der Waals surface area (Å²) in [5, 5.41) is 10.3. The molecule has 14 rings (SSSR count). The average Bonchev–Trinajstić information content (AvgIpc) is 3.66. The van der Waals surface area contributed by atoms with Crippen molar-refractivity contribution in [2.45, 2.75) is 25.7 Å². The van der Waals surface area contributed by atoms with Crippen molar-refractivity contribution in [2.75, 3.05) is 9.80 Å². The molecule has 0 fully saturated rings. The molecule has 0 unspecified atom stereocenters. The van der Waals surface area contributed by atoms with Crippen molar-refractivity contribution in [1.29, 1.82) is 0 Å². The van der Waals surface area contributed by atoms with E-state index in [9.17, 15) is 0 Å². The van der Waals surface area contributed by atoms with Gasteiger partial charge in [0.25, 0.3) is 0 Å². The zero-order valence-electron chi connectivity index (χ0n) is 43.2. The average molecular weight is 1030 g/mol. The number of para-hydroxylation sites is 3. The number of aromatic nitrogens is 3. The number of nitrogens with zero attached hydrogens (tertiary/aromatic N) is 5. The smallest absolute Gasteiger partial charge is 0.240 e. The highest BCUT2D eigenvalue weighted by molar-refractivity contribution is 7.22. The Morgan fingerprint density at radius 3 is 1.08 bits per heavy atom. The second-order valence-corrected chi connectivity index (χ2v) is 28.2. The number of hydrogen-bond acceptors (Lipinski definition) is 5. The first kappa shape index (κ1) is 47.2. The van der Waals surface area contributed by atoms with Gasteiger partial charge in [0.05, 0.1) is 17.1 Å². The van der Waals surface area contributed by atoms with Gasteiger partial charge in [-0.15, -0.1) is 0 Å². The van der Waals surface area contributed by atoms with Crippen molar-refractivity contribution in [3.8, 4) is 11.4 Å². The van der Waals surface area contributed by atoms with E-state index in [0.717, 1.165) is 54.0 Å². The van der Waals surface area contributed by atoms with Crippen molar-refractivity contribution >= 4 is 86.6 Å². The zero-order chi connectivity index (χ0) is 51.9. The van der Waals surface area contributed by atoms with Gasteiger partial charge in [-0.2, -0.15) is 15.0 Å². The number of anilines is 5. The van der Waals surface area contributed by atoms with Crippen LogP contribution < -0.4 is 51.3 Å². The van der Waals surface area contributed by atoms with E-state index in [4.69, 9.17) is 15.0 Å². The van der Waals surface area contributed by atoms with Crippen LogP contribution >= 0.6 is 0 Å². The van der Waals surface area contributed by atoms with Gasteiger partial charge in [-0.25, -0.2) is 0 Å². The highest BCUT2D eigenvalue weighted by atomic mass is 28.3. The molecule has 0 amide bonds. The molecule has 0 saturated heterocycles. The van der Waals surface area contributed by atoms with Gasteiger partial charge in [0, 0.05) is 17.7 Å². The zero-order valence-corrected chi connectivity index (χ0v) is 45.2. The summed E-state index contributed by atoms with van der Waals surface area (Å²) in [6, 6.07) is 101. The molecule has 2 aliphatic heterocycles. The Hall–Kier alpha value is -9.28. The maximum atomic E-state index is 5.85. The van der Waals surface area contributed by atoms with Gasteiger partial charge in [-0.05, 0) is 107 Å². The van der Waals surface area contributed by atoms with Gasteiger partial charge >= 0.3 is 0 Å². The fourth-order valence-corrected chi connectivity index (χ4v) is 22.7. The summed E-state index contributed by atoms with van der Waals surface area (Å²) in [6.45, 7) is 0. The molecule has 7 heteroatoms. The van der Waals surface area contributed by atoms with Gasteiger partial charge in [0.2, 0.25) is 11.9 Å². The van der Waals surface area contributed by atoms with Crippen molar-refractivity contribution in [1.82, 2.24) is 15.0 Å². The Balaban J connectivity index is 1.15. The molecule has 0 saturated carbocycles. The molecule has 0 bridgehead atoms. The molecule has 11 aromatic rings. The fourth-order valence-electron chi connectivity index (χ4n) is 12.9. The van der Waals surface area contributed by atoms with Crippen LogP contribution in [0.15, 0.2) is 296 Å². The van der Waals surface area contributed by atoms with Crippen LogP contribution in [0.3, 0.4) is 0 Å². The summed E-state index contributed by atoms with van der Waals surface area (Å²) in [7, 11) is -6.44. The number of fused-ring (bicyclic) bond motifs is 3. The molecule has 1 aliphatic carbocycles. The van der Waals surface area contributed by atoms with Crippen LogP contribution in [0.5, 0.6) is 0 Å². The minimum atomic E-state index is -3.22. The number of hydrogen-bond donors (Lipinski definition) is 0. The van der Waals surface area contributed by atoms with Crippen molar-refractivity contribution in [2.24, 2.45) is 0 Å². The maximum Gasteiger partial charge on any atom is 0.240 e. The second kappa shape index (κ2) is 20.0. The summed E-state index contributed by atoms with van der Waals surface area (Å²) in [4.78, 5) is 22.0. The minimum absolute atomic E-state index is 0.571. The maximum absolute atomic E-state index is 5.85. The fraction of sp³-hybridized carbons (Fsp3) is 0.0563. The van der Waals surface area contributed by atoms with Crippen molar-refractivity contribution in [3.63, 3.8) is 0 Å². The Labute approximate surface area is 458 Å². The first-order valence-electron chi connectivity index (χ1n) is 27.2. The van der Waals surface area contributed by atoms with Gasteiger partial charge in [0.1, 0.15) is 0 Å². The molecule has 1 aromatic heterocycles. The molecule has 372 valence electrons. The summed E-state index contributed by atoms with van der Waals surface area (Å²) in [6.07, 6.45) is 8.29. The Morgan fingerprint density at radius 2 is 0.667 bits per heavy atom. The van der Waals surface area contributed by atoms with Crippen LogP contribution in [-0.4, -0.2) is 31.1 Å². The largest absolute Gasteiger partial charge is 0.279 e. The standard InChI is InChI=1S/C71H55N5Si2/c1-7-31-57(32-8-1)77(58-33-9-2-10-34-58,59-35-11-3-12-36-59)63-49-56(50-64(51-63)78(60-37-13-4-14-38-60,61-39-15-5-16-40-61)62-41-17-6-18-42-62)69-72-70(75-65-43-23-19-27-52(65)47-53-28-20-24-44-66(53)75)74-71(73-69)76-67-45-25-21-29-54(67)48-55-30-22-26-46-68(55)76/h1-21,23-29,31-46,49-51H,22,30,47-48H2. The third-order valence-electron chi connectivity index (χ3n) is 16.3. The Morgan fingerprint density at radius 1 is 0.321 bits per heavy atom. The number of rotatable bonds is 11. The topological polar surface area (TPSA) is 45.2 Å². The lowest BCUT2D eigenvalue weighted by molar-refractivity contribution is 0.842. The lowest BCUT2D eigenvalue weighted by atomic mass is 9.90. The van der Waals surface area contributed by atoms with E-state index >= 15 is 0 Å². The normalized spacial score (nSPS) is 13.8. The van der Waals surface area contributed by atoms with Crippen molar-refractivity contribution in [3.05, 3.63) is 313 Å². The molecule has 3 aliphatic rings. The summed E-state index contributed by atoms with van der Waals surface area (Å²) in [5.41, 5.74) is 10.4. The van der Waals surface area contributed by atoms with Crippen molar-refractivity contribution < 1.29 is 0 Å². The highest BCUT2D eigenvalue weighted by Crippen LogP contribution is 2.45. The molecule has 5 nitrogen and oxygen atoms in total. The second-order valence-electron chi connectivity index (χ2n) is 20.6. The third kappa shape index (κ3) is 7.92. The first-order chi connectivity index (χ1) is 38.7. The van der Waals surface area contributed by atoms with Crippen LogP contribution in [0, 0.1) is 0 Å². The molecule has 0 spiro atoms. The monoisotopic (exact) mass is 1030 g/mol. The molecule has 10 aromatic carbocycles. The van der Waals surface area contributed by atoms with Crippen LogP contribution in [-0.2, 0) is 12.8 Å². The van der Waals surface area contributed by atoms with Gasteiger partial charge in [-0.1, -0.05) is 261 Å². The first-order valence-corrected chi connectivity index (χ1v) is 31.2. The number of allylic oxidation sites excluding steroid dienone is 3. The molecule has 0 radical (unpaired) electrons. The van der Waals surface area contributed by atoms with Gasteiger partial charge in [-0.3, -0.25) is 9.80 Å². The number of benzene rings is 10. The van der Waals surface area contributed by atoms with Crippen LogP contribution in [0.4, 0.5) is 29.0 Å². The molecular weight excluding hydrogens is 979 g/mol. The molecule has 0 atom stereocenters. The highest BCUT2D eigenvalue weighted by Gasteiger charge is 2.46. The minimum Gasteiger partial charge on any atom is -0.279 e. The molecular formula is C71H55N5Si2. The van der Waals surface area contributed by atoms with E-state index in [2.05, 4.69) is 295 Å². The lowest BCUT2D eigenvalue weighted by Crippen LogP contribution is -2.78. The summed E-state index contributed by atoms with van der Waals surface area (Å²) >= 11 is 0. The van der Waals surface area contributed by atoms with E-state index in [-0.39, 0.29) is 0 Å². The Bertz CT molecular complexity index is 3660. The third-order valence-corrected chi connectivity index (χ3v) is 25.8. The molecule has 78 heavy (non-hydrogen) atoms. The van der Waals surface area contributed by atoms with Gasteiger partial charge in [0.15, 0.2) is 22.0 Å². The van der Waals surface area contributed by atoms with Crippen LogP contribution in [0.1, 0.15) is 29.5 Å². The SMILES string of the molecule is C1=CC2=C(CC1)Cc1ccccc1N2c1nc(-c2cc([Si](c3ccccc3)(c3ccccc3)c3ccccc3)cc([Si](c3ccccc3)(c3ccccc3)c3ccccc3)c2)nc(N2c3ccccc3Cc3ccccc32)n1. The van der Waals surface area contributed by atoms with E-state index in [1.165, 1.54) is 63.8 Å². The van der Waals surface area contributed by atoms with E-state index in [1.807, 2.05) is 0 Å². The van der Waals surface area contributed by atoms with E-state index in [1.54, 1.807) is 0 Å². The summed E-state index contributed by atoms with van der Waals surface area (Å²) in [5.74, 6) is 1.77. The van der Waals surface area contributed by atoms with Crippen LogP contribution in [0.2, 0.25) is 0 Å². The quantitative estimate of drug-likeness (QED) is 0.0954. The lowest BCUT2D eigenvalue weighted by Gasteiger charge is -2.38. The molecule has 3 heterocycles. The van der Waals surface area contributed by atoms with Crippen LogP contribution in [0.25, 0.3) is 11.4 Å². The predicted octanol–water partition coefficient (Wildman–Crippen LogP) is 11.0. The van der Waals surface area contributed by atoms with E-state index in [0.29, 0.717) is 17.7 Å².